The van der Waals surface area contributed by atoms with Gasteiger partial charge in [-0.25, -0.2) is 0 Å². The van der Waals surface area contributed by atoms with E-state index in [-0.39, 0.29) is 5.91 Å². The fraction of sp³-hybridized carbons (Fsp3) is 0.0667. The molecule has 0 aliphatic carbocycles. The number of nitrogens with zero attached hydrogens (tertiary/aromatic N) is 2. The summed E-state index contributed by atoms with van der Waals surface area (Å²) in [6.45, 7) is 1.83. The van der Waals surface area contributed by atoms with Crippen molar-refractivity contribution in [3.8, 4) is 0 Å². The van der Waals surface area contributed by atoms with Gasteiger partial charge in [0.05, 0.1) is 17.0 Å². The number of hydrogen-bond acceptors (Lipinski definition) is 3. The standard InChI is InChI=1S/C15H10BrClN2OS/c1-9-14(7-13-5-10(16)8-21-13)15(20)19(18-9)12-4-2-3-11(17)6-12/h2-8H,1H3. The van der Waals surface area contributed by atoms with E-state index in [1.54, 1.807) is 29.5 Å². The zero-order valence-corrected chi connectivity index (χ0v) is 14.2. The lowest BCUT2D eigenvalue weighted by Crippen LogP contribution is -2.21. The van der Waals surface area contributed by atoms with Crippen molar-refractivity contribution >= 4 is 62.2 Å². The van der Waals surface area contributed by atoms with Gasteiger partial charge in [-0.15, -0.1) is 11.3 Å². The molecule has 3 rings (SSSR count). The van der Waals surface area contributed by atoms with Crippen LogP contribution >= 0.6 is 38.9 Å². The Hall–Kier alpha value is -1.43. The van der Waals surface area contributed by atoms with Crippen LogP contribution in [0.25, 0.3) is 6.08 Å². The van der Waals surface area contributed by atoms with E-state index in [1.807, 2.05) is 30.5 Å². The fourth-order valence-electron chi connectivity index (χ4n) is 2.01. The van der Waals surface area contributed by atoms with Gasteiger partial charge < -0.3 is 0 Å². The summed E-state index contributed by atoms with van der Waals surface area (Å²) in [6, 6.07) is 9.07. The molecule has 2 aromatic rings. The fourth-order valence-corrected chi connectivity index (χ4v) is 3.57. The normalized spacial score (nSPS) is 16.7. The van der Waals surface area contributed by atoms with E-state index in [0.29, 0.717) is 22.0 Å². The predicted octanol–water partition coefficient (Wildman–Crippen LogP) is 4.97. The first kappa shape index (κ1) is 14.5. The zero-order valence-electron chi connectivity index (χ0n) is 11.0. The molecule has 0 spiro atoms. The Bertz CT molecular complexity index is 781. The number of carbonyl (C=O) groups excluding carboxylic acids is 1. The third-order valence-corrected chi connectivity index (χ3v) is 4.87. The molecule has 1 aromatic heterocycles. The smallest absolute Gasteiger partial charge is 0.267 e. The quantitative estimate of drug-likeness (QED) is 0.676. The summed E-state index contributed by atoms with van der Waals surface area (Å²) >= 11 is 11.0. The van der Waals surface area contributed by atoms with Crippen LogP contribution in [0.2, 0.25) is 5.02 Å². The maximum atomic E-state index is 12.5. The van der Waals surface area contributed by atoms with Crippen LogP contribution in [0.15, 0.2) is 50.9 Å². The summed E-state index contributed by atoms with van der Waals surface area (Å²) < 4.78 is 1.01. The van der Waals surface area contributed by atoms with Crippen LogP contribution in [0.4, 0.5) is 5.69 Å². The number of rotatable bonds is 2. The van der Waals surface area contributed by atoms with Gasteiger partial charge in [-0.3, -0.25) is 4.79 Å². The minimum Gasteiger partial charge on any atom is -0.267 e. The molecule has 0 unspecified atom stereocenters. The van der Waals surface area contributed by atoms with Gasteiger partial charge in [-0.2, -0.15) is 10.1 Å². The van der Waals surface area contributed by atoms with Crippen LogP contribution in [0.5, 0.6) is 0 Å². The van der Waals surface area contributed by atoms with Gasteiger partial charge >= 0.3 is 0 Å². The minimum atomic E-state index is -0.140. The van der Waals surface area contributed by atoms with Gasteiger partial charge in [0.25, 0.3) is 5.91 Å². The Labute approximate surface area is 139 Å². The summed E-state index contributed by atoms with van der Waals surface area (Å²) in [4.78, 5) is 13.5. The molecule has 6 heteroatoms. The van der Waals surface area contributed by atoms with Crippen molar-refractivity contribution in [3.05, 3.63) is 55.7 Å². The van der Waals surface area contributed by atoms with Gasteiger partial charge in [-0.05, 0) is 53.2 Å². The number of hydrogen-bond donors (Lipinski definition) is 0. The molecule has 0 bridgehead atoms. The summed E-state index contributed by atoms with van der Waals surface area (Å²) in [5, 5.41) is 8.27. The molecular weight excluding hydrogens is 372 g/mol. The number of halogens is 2. The lowest BCUT2D eigenvalue weighted by Gasteiger charge is -2.11. The maximum Gasteiger partial charge on any atom is 0.280 e. The van der Waals surface area contributed by atoms with Crippen LogP contribution in [-0.2, 0) is 4.79 Å². The number of benzene rings is 1. The Morgan fingerprint density at radius 1 is 1.38 bits per heavy atom. The second kappa shape index (κ2) is 5.75. The predicted molar refractivity (Wildman–Crippen MR) is 92.0 cm³/mol. The van der Waals surface area contributed by atoms with Gasteiger partial charge in [0.2, 0.25) is 0 Å². The van der Waals surface area contributed by atoms with Crippen molar-refractivity contribution in [1.82, 2.24) is 0 Å². The van der Waals surface area contributed by atoms with E-state index in [2.05, 4.69) is 21.0 Å². The first-order valence-electron chi connectivity index (χ1n) is 6.16. The molecule has 0 saturated carbocycles. The molecule has 1 aliphatic heterocycles. The number of anilines is 1. The largest absolute Gasteiger partial charge is 0.280 e. The average molecular weight is 382 g/mol. The summed E-state index contributed by atoms with van der Waals surface area (Å²) in [5.74, 6) is -0.140. The monoisotopic (exact) mass is 380 g/mol. The number of amides is 1. The molecule has 0 saturated heterocycles. The SMILES string of the molecule is CC1=NN(c2cccc(Cl)c2)C(=O)C1=Cc1cc(Br)cs1. The van der Waals surface area contributed by atoms with Crippen molar-refractivity contribution < 1.29 is 4.79 Å². The van der Waals surface area contributed by atoms with Gasteiger partial charge in [0.1, 0.15) is 0 Å². The summed E-state index contributed by atoms with van der Waals surface area (Å²) in [5.41, 5.74) is 1.97. The van der Waals surface area contributed by atoms with Gasteiger partial charge in [-0.1, -0.05) is 17.7 Å². The molecular formula is C15H10BrClN2OS. The van der Waals surface area contributed by atoms with Crippen LogP contribution < -0.4 is 5.01 Å². The van der Waals surface area contributed by atoms with Crippen LogP contribution in [-0.4, -0.2) is 11.6 Å². The van der Waals surface area contributed by atoms with Crippen molar-refractivity contribution in [2.24, 2.45) is 5.10 Å². The van der Waals surface area contributed by atoms with E-state index >= 15 is 0 Å². The summed E-state index contributed by atoms with van der Waals surface area (Å²) in [7, 11) is 0. The number of hydrazone groups is 1. The van der Waals surface area contributed by atoms with Crippen molar-refractivity contribution in [2.75, 3.05) is 5.01 Å². The molecule has 1 amide bonds. The van der Waals surface area contributed by atoms with E-state index < -0.39 is 0 Å². The minimum absolute atomic E-state index is 0.140. The lowest BCUT2D eigenvalue weighted by atomic mass is 10.1. The first-order valence-corrected chi connectivity index (χ1v) is 8.21. The number of carbonyl (C=O) groups is 1. The molecule has 0 N–H and O–H groups in total. The van der Waals surface area contributed by atoms with Gasteiger partial charge in [0, 0.05) is 19.8 Å². The highest BCUT2D eigenvalue weighted by atomic mass is 79.9. The van der Waals surface area contributed by atoms with Crippen LogP contribution in [0.1, 0.15) is 11.8 Å². The molecule has 0 fully saturated rings. The first-order chi connectivity index (χ1) is 10.0. The second-order valence-electron chi connectivity index (χ2n) is 4.51. The van der Waals surface area contributed by atoms with Crippen LogP contribution in [0, 0.1) is 0 Å². The van der Waals surface area contributed by atoms with E-state index in [1.165, 1.54) is 5.01 Å². The molecule has 21 heavy (non-hydrogen) atoms. The molecule has 1 aliphatic rings. The van der Waals surface area contributed by atoms with Gasteiger partial charge in [0.15, 0.2) is 0 Å². The van der Waals surface area contributed by atoms with E-state index in [4.69, 9.17) is 11.6 Å². The highest BCUT2D eigenvalue weighted by molar-refractivity contribution is 9.10. The lowest BCUT2D eigenvalue weighted by molar-refractivity contribution is -0.114. The van der Waals surface area contributed by atoms with Crippen molar-refractivity contribution in [1.29, 1.82) is 0 Å². The third kappa shape index (κ3) is 2.95. The Morgan fingerprint density at radius 2 is 2.19 bits per heavy atom. The topological polar surface area (TPSA) is 32.7 Å². The maximum absolute atomic E-state index is 12.5. The third-order valence-electron chi connectivity index (χ3n) is 2.99. The van der Waals surface area contributed by atoms with Crippen molar-refractivity contribution in [3.63, 3.8) is 0 Å². The number of thiophene rings is 1. The zero-order chi connectivity index (χ0) is 15.0. The van der Waals surface area contributed by atoms with E-state index in [0.717, 1.165) is 9.35 Å². The van der Waals surface area contributed by atoms with E-state index in [9.17, 15) is 4.79 Å². The molecule has 106 valence electrons. The highest BCUT2D eigenvalue weighted by Gasteiger charge is 2.28. The highest BCUT2D eigenvalue weighted by Crippen LogP contribution is 2.28. The Balaban J connectivity index is 1.96. The van der Waals surface area contributed by atoms with Crippen molar-refractivity contribution in [2.45, 2.75) is 6.92 Å². The second-order valence-corrected chi connectivity index (χ2v) is 6.80. The average Bonchev–Trinajstić information content (AvgIpc) is 2.97. The van der Waals surface area contributed by atoms with Crippen LogP contribution in [0.3, 0.4) is 0 Å². The molecule has 1 aromatic carbocycles. The Morgan fingerprint density at radius 3 is 2.86 bits per heavy atom. The molecule has 2 heterocycles. The molecule has 3 nitrogen and oxygen atoms in total. The molecule has 0 radical (unpaired) electrons. The Kier molecular flexibility index (Phi) is 3.97. The molecule has 0 atom stereocenters. The summed E-state index contributed by atoms with van der Waals surface area (Å²) in [6.07, 6.45) is 1.86.